The number of hydrogen-bond donors (Lipinski definition) is 0. The van der Waals surface area contributed by atoms with Crippen molar-refractivity contribution in [2.75, 3.05) is 0 Å². The highest BCUT2D eigenvalue weighted by Crippen LogP contribution is 2.42. The molecule has 1 atom stereocenters. The summed E-state index contributed by atoms with van der Waals surface area (Å²) in [4.78, 5) is 12.0. The molecule has 0 fully saturated rings. The fourth-order valence-electron chi connectivity index (χ4n) is 3.18. The molecule has 4 rings (SSSR count). The van der Waals surface area contributed by atoms with Crippen LogP contribution in [0, 0.1) is 0 Å². The summed E-state index contributed by atoms with van der Waals surface area (Å²) in [7, 11) is 0. The molecule has 0 aliphatic heterocycles. The number of Topliss-reactive ketones (excluding diaryl/α,β-unsaturated/α-hetero) is 1. The van der Waals surface area contributed by atoms with Crippen molar-refractivity contribution in [1.29, 1.82) is 0 Å². The van der Waals surface area contributed by atoms with E-state index in [1.165, 1.54) is 21.9 Å². The molecule has 2 aliphatic rings. The molecule has 0 radical (unpaired) electrons. The second-order valence-electron chi connectivity index (χ2n) is 4.90. The molecule has 1 unspecified atom stereocenters. The van der Waals surface area contributed by atoms with Gasteiger partial charge in [0.05, 0.1) is 0 Å². The highest BCUT2D eigenvalue weighted by molar-refractivity contribution is 6.07. The van der Waals surface area contributed by atoms with Crippen LogP contribution < -0.4 is 0 Å². The molecule has 1 heteroatoms. The molecule has 2 aromatic rings. The van der Waals surface area contributed by atoms with E-state index in [-0.39, 0.29) is 0 Å². The Balaban J connectivity index is 2.22. The molecule has 0 spiro atoms. The van der Waals surface area contributed by atoms with Gasteiger partial charge in [-0.25, -0.2) is 0 Å². The molecule has 0 aromatic heterocycles. The van der Waals surface area contributed by atoms with Crippen LogP contribution in [0.1, 0.15) is 40.2 Å². The van der Waals surface area contributed by atoms with E-state index in [4.69, 9.17) is 0 Å². The normalized spacial score (nSPS) is 20.9. The molecule has 0 heterocycles. The Morgan fingerprint density at radius 1 is 1.12 bits per heavy atom. The summed E-state index contributed by atoms with van der Waals surface area (Å²) < 4.78 is 0. The van der Waals surface area contributed by atoms with Gasteiger partial charge in [0, 0.05) is 17.9 Å². The van der Waals surface area contributed by atoms with Crippen LogP contribution >= 0.6 is 0 Å². The van der Waals surface area contributed by atoms with Crippen LogP contribution in [0.4, 0.5) is 0 Å². The zero-order chi connectivity index (χ0) is 11.4. The van der Waals surface area contributed by atoms with Gasteiger partial charge in [0.1, 0.15) is 0 Å². The van der Waals surface area contributed by atoms with Crippen LogP contribution in [-0.4, -0.2) is 5.78 Å². The lowest BCUT2D eigenvalue weighted by atomic mass is 9.76. The van der Waals surface area contributed by atoms with Gasteiger partial charge in [-0.3, -0.25) is 4.79 Å². The standard InChI is InChI=1S/C16H12O/c17-14-9-7-12-5-4-10-2-1-3-11-6-8-13(14)16(12)15(10)11/h1-6,8,12H,7,9H2. The summed E-state index contributed by atoms with van der Waals surface area (Å²) in [5.41, 5.74) is 3.48. The first-order valence-corrected chi connectivity index (χ1v) is 6.11. The number of carbonyl (C=O) groups excluding carboxylic acids is 1. The van der Waals surface area contributed by atoms with Gasteiger partial charge in [-0.15, -0.1) is 0 Å². The second kappa shape index (κ2) is 3.07. The lowest BCUT2D eigenvalue weighted by Crippen LogP contribution is -2.16. The first-order chi connectivity index (χ1) is 8.34. The van der Waals surface area contributed by atoms with E-state index in [2.05, 4.69) is 36.4 Å². The van der Waals surface area contributed by atoms with Gasteiger partial charge in [0.25, 0.3) is 0 Å². The summed E-state index contributed by atoms with van der Waals surface area (Å²) in [6, 6.07) is 10.4. The molecule has 0 saturated carbocycles. The topological polar surface area (TPSA) is 17.1 Å². The lowest BCUT2D eigenvalue weighted by molar-refractivity contribution is 0.0970. The van der Waals surface area contributed by atoms with E-state index < -0.39 is 0 Å². The van der Waals surface area contributed by atoms with E-state index in [1.807, 2.05) is 6.07 Å². The monoisotopic (exact) mass is 220 g/mol. The third kappa shape index (κ3) is 1.11. The Bertz CT molecular complexity index is 679. The minimum Gasteiger partial charge on any atom is -0.294 e. The highest BCUT2D eigenvalue weighted by Gasteiger charge is 2.28. The molecular formula is C16H12O. The third-order valence-corrected chi connectivity index (χ3v) is 3.98. The second-order valence-corrected chi connectivity index (χ2v) is 4.90. The Morgan fingerprint density at radius 2 is 2.06 bits per heavy atom. The van der Waals surface area contributed by atoms with Gasteiger partial charge in [0.15, 0.2) is 5.78 Å². The van der Waals surface area contributed by atoms with Gasteiger partial charge in [0.2, 0.25) is 0 Å². The first-order valence-electron chi connectivity index (χ1n) is 6.11. The van der Waals surface area contributed by atoms with Gasteiger partial charge in [-0.05, 0) is 28.3 Å². The molecule has 2 aromatic carbocycles. The first kappa shape index (κ1) is 9.17. The average Bonchev–Trinajstić information content (AvgIpc) is 2.38. The summed E-state index contributed by atoms with van der Waals surface area (Å²) in [6.07, 6.45) is 6.12. The summed E-state index contributed by atoms with van der Waals surface area (Å²) in [5.74, 6) is 0.754. The van der Waals surface area contributed by atoms with E-state index in [9.17, 15) is 4.79 Å². The number of allylic oxidation sites excluding steroid dienone is 1. The maximum absolute atomic E-state index is 12.0. The summed E-state index contributed by atoms with van der Waals surface area (Å²) in [5, 5.41) is 2.55. The number of rotatable bonds is 0. The summed E-state index contributed by atoms with van der Waals surface area (Å²) >= 11 is 0. The Labute approximate surface area is 99.8 Å². The number of carbonyl (C=O) groups is 1. The molecule has 0 amide bonds. The molecule has 0 saturated heterocycles. The van der Waals surface area contributed by atoms with Crippen molar-refractivity contribution in [1.82, 2.24) is 0 Å². The average molecular weight is 220 g/mol. The minimum absolute atomic E-state index is 0.309. The smallest absolute Gasteiger partial charge is 0.163 e. The predicted molar refractivity (Wildman–Crippen MR) is 69.3 cm³/mol. The molecular weight excluding hydrogens is 208 g/mol. The van der Waals surface area contributed by atoms with E-state index in [0.29, 0.717) is 18.1 Å². The minimum atomic E-state index is 0.309. The Hall–Kier alpha value is -1.89. The van der Waals surface area contributed by atoms with Gasteiger partial charge in [-0.2, -0.15) is 0 Å². The van der Waals surface area contributed by atoms with E-state index in [1.54, 1.807) is 0 Å². The predicted octanol–water partition coefficient (Wildman–Crippen LogP) is 3.93. The molecule has 0 N–H and O–H groups in total. The molecule has 17 heavy (non-hydrogen) atoms. The fourth-order valence-corrected chi connectivity index (χ4v) is 3.18. The van der Waals surface area contributed by atoms with Crippen molar-refractivity contribution in [2.24, 2.45) is 0 Å². The van der Waals surface area contributed by atoms with Crippen LogP contribution in [0.15, 0.2) is 36.4 Å². The molecule has 1 nitrogen and oxygen atoms in total. The van der Waals surface area contributed by atoms with Crippen molar-refractivity contribution in [3.8, 4) is 0 Å². The van der Waals surface area contributed by atoms with Crippen molar-refractivity contribution in [3.05, 3.63) is 53.1 Å². The van der Waals surface area contributed by atoms with Crippen LogP contribution in [0.3, 0.4) is 0 Å². The van der Waals surface area contributed by atoms with Crippen molar-refractivity contribution in [2.45, 2.75) is 18.8 Å². The third-order valence-electron chi connectivity index (χ3n) is 3.98. The highest BCUT2D eigenvalue weighted by atomic mass is 16.1. The molecule has 0 bridgehead atoms. The maximum Gasteiger partial charge on any atom is 0.163 e. The lowest BCUT2D eigenvalue weighted by Gasteiger charge is -2.27. The fraction of sp³-hybridized carbons (Fsp3) is 0.188. The largest absolute Gasteiger partial charge is 0.294 e. The van der Waals surface area contributed by atoms with Crippen LogP contribution in [0.2, 0.25) is 0 Å². The number of hydrogen-bond acceptors (Lipinski definition) is 1. The van der Waals surface area contributed by atoms with Gasteiger partial charge < -0.3 is 0 Å². The number of ketones is 1. The van der Waals surface area contributed by atoms with Crippen molar-refractivity contribution < 1.29 is 4.79 Å². The Morgan fingerprint density at radius 3 is 3.00 bits per heavy atom. The van der Waals surface area contributed by atoms with Crippen LogP contribution in [0.25, 0.3) is 16.8 Å². The van der Waals surface area contributed by atoms with Gasteiger partial charge >= 0.3 is 0 Å². The molecule has 82 valence electrons. The number of benzene rings is 2. The van der Waals surface area contributed by atoms with Crippen LogP contribution in [0.5, 0.6) is 0 Å². The zero-order valence-corrected chi connectivity index (χ0v) is 9.44. The maximum atomic E-state index is 12.0. The molecule has 2 aliphatic carbocycles. The quantitative estimate of drug-likeness (QED) is 0.657. The van der Waals surface area contributed by atoms with E-state index in [0.717, 1.165) is 12.0 Å². The Kier molecular flexibility index (Phi) is 1.66. The summed E-state index contributed by atoms with van der Waals surface area (Å²) in [6.45, 7) is 0. The van der Waals surface area contributed by atoms with Crippen molar-refractivity contribution >= 4 is 22.6 Å². The zero-order valence-electron chi connectivity index (χ0n) is 9.44. The van der Waals surface area contributed by atoms with Crippen LogP contribution in [-0.2, 0) is 0 Å². The van der Waals surface area contributed by atoms with Crippen molar-refractivity contribution in [3.63, 3.8) is 0 Å². The van der Waals surface area contributed by atoms with E-state index >= 15 is 0 Å². The SMILES string of the molecule is O=C1CCC2C=Cc3cccc4ccc1c2c34. The van der Waals surface area contributed by atoms with Gasteiger partial charge in [-0.1, -0.05) is 42.5 Å².